The zero-order chi connectivity index (χ0) is 14.7. The van der Waals surface area contributed by atoms with Gasteiger partial charge >= 0.3 is 6.09 Å². The minimum absolute atomic E-state index is 0.210. The zero-order valence-electron chi connectivity index (χ0n) is 12.0. The van der Waals surface area contributed by atoms with E-state index in [1.54, 1.807) is 16.7 Å². The van der Waals surface area contributed by atoms with E-state index >= 15 is 0 Å². The number of ether oxygens (including phenoxy) is 1. The third-order valence-corrected chi connectivity index (χ3v) is 4.77. The van der Waals surface area contributed by atoms with Crippen LogP contribution in [0.15, 0.2) is 40.8 Å². The van der Waals surface area contributed by atoms with Crippen molar-refractivity contribution in [3.8, 4) is 11.8 Å². The van der Waals surface area contributed by atoms with Crippen molar-refractivity contribution in [1.82, 2.24) is 0 Å². The number of thioether (sulfide) groups is 1. The molecule has 1 aromatic rings. The zero-order valence-corrected chi connectivity index (χ0v) is 12.8. The fourth-order valence-electron chi connectivity index (χ4n) is 2.55. The van der Waals surface area contributed by atoms with Crippen molar-refractivity contribution in [3.63, 3.8) is 0 Å². The van der Waals surface area contributed by atoms with Crippen LogP contribution in [0.2, 0.25) is 0 Å². The maximum atomic E-state index is 12.0. The molecule has 0 fully saturated rings. The van der Waals surface area contributed by atoms with Crippen molar-refractivity contribution in [2.45, 2.75) is 36.0 Å². The van der Waals surface area contributed by atoms with Crippen LogP contribution in [0.3, 0.4) is 0 Å². The molecular weight excluding hydrogens is 282 g/mol. The largest absolute Gasteiger partial charge is 0.452 e. The second-order valence-corrected chi connectivity index (χ2v) is 6.14. The average molecular weight is 299 g/mol. The van der Waals surface area contributed by atoms with E-state index < -0.39 is 0 Å². The molecule has 0 aromatic heterocycles. The Bertz CT molecular complexity index is 642. The summed E-state index contributed by atoms with van der Waals surface area (Å²) in [5.41, 5.74) is 2.08. The topological polar surface area (TPSA) is 29.5 Å². The summed E-state index contributed by atoms with van der Waals surface area (Å²) in [4.78, 5) is 14.8. The Morgan fingerprint density at radius 1 is 1.38 bits per heavy atom. The van der Waals surface area contributed by atoms with Gasteiger partial charge in [-0.25, -0.2) is 4.79 Å². The van der Waals surface area contributed by atoms with Crippen molar-refractivity contribution in [2.75, 3.05) is 12.0 Å². The lowest BCUT2D eigenvalue weighted by Gasteiger charge is -2.19. The van der Waals surface area contributed by atoms with Crippen LogP contribution in [0, 0.1) is 11.8 Å². The van der Waals surface area contributed by atoms with E-state index in [9.17, 15) is 4.79 Å². The van der Waals surface area contributed by atoms with E-state index in [1.807, 2.05) is 24.3 Å². The second-order valence-electron chi connectivity index (χ2n) is 5.02. The first kappa shape index (κ1) is 14.1. The number of para-hydroxylation sites is 1. The molecule has 0 saturated heterocycles. The van der Waals surface area contributed by atoms with Gasteiger partial charge in [0, 0.05) is 4.90 Å². The molecular formula is C17H17NO2S. The van der Waals surface area contributed by atoms with Crippen LogP contribution in [0.4, 0.5) is 10.5 Å². The number of allylic oxidation sites excluding steroid dienone is 2. The van der Waals surface area contributed by atoms with Crippen LogP contribution in [0.1, 0.15) is 25.7 Å². The van der Waals surface area contributed by atoms with Crippen LogP contribution >= 0.6 is 11.8 Å². The van der Waals surface area contributed by atoms with E-state index in [1.165, 1.54) is 25.5 Å². The third kappa shape index (κ3) is 2.93. The van der Waals surface area contributed by atoms with Crippen LogP contribution in [0.25, 0.3) is 0 Å². The quantitative estimate of drug-likeness (QED) is 0.673. The lowest BCUT2D eigenvalue weighted by molar-refractivity contribution is 0.179. The van der Waals surface area contributed by atoms with E-state index in [0.717, 1.165) is 23.4 Å². The molecule has 1 aromatic carbocycles. The molecule has 1 aliphatic heterocycles. The predicted molar refractivity (Wildman–Crippen MR) is 85.3 cm³/mol. The Kier molecular flexibility index (Phi) is 4.21. The molecule has 108 valence electrons. The van der Waals surface area contributed by atoms with Crippen molar-refractivity contribution < 1.29 is 9.53 Å². The maximum absolute atomic E-state index is 12.0. The Morgan fingerprint density at radius 3 is 3.00 bits per heavy atom. The van der Waals surface area contributed by atoms with E-state index in [4.69, 9.17) is 4.74 Å². The summed E-state index contributed by atoms with van der Waals surface area (Å²) < 4.78 is 4.90. The normalized spacial score (nSPS) is 20.1. The molecule has 0 saturated carbocycles. The molecule has 0 bridgehead atoms. The Morgan fingerprint density at radius 2 is 2.24 bits per heavy atom. The van der Waals surface area contributed by atoms with Gasteiger partial charge in [0.2, 0.25) is 0 Å². The molecule has 4 heteroatoms. The van der Waals surface area contributed by atoms with E-state index in [0.29, 0.717) is 0 Å². The Balaban J connectivity index is 1.87. The molecule has 0 spiro atoms. The summed E-state index contributed by atoms with van der Waals surface area (Å²) in [7, 11) is 1.40. The Labute approximate surface area is 129 Å². The fraction of sp³-hybridized carbons (Fsp3) is 0.353. The summed E-state index contributed by atoms with van der Waals surface area (Å²) >= 11 is 1.60. The molecule has 0 radical (unpaired) electrons. The maximum Gasteiger partial charge on any atom is 0.415 e. The number of methoxy groups -OCH3 is 1. The summed E-state index contributed by atoms with van der Waals surface area (Å²) in [6.07, 6.45) is 6.48. The van der Waals surface area contributed by atoms with Crippen molar-refractivity contribution in [3.05, 3.63) is 35.9 Å². The van der Waals surface area contributed by atoms with Crippen molar-refractivity contribution >= 4 is 23.5 Å². The highest BCUT2D eigenvalue weighted by atomic mass is 32.2. The number of anilines is 1. The number of carbonyl (C=O) groups is 1. The minimum atomic E-state index is -0.357. The lowest BCUT2D eigenvalue weighted by atomic mass is 10.0. The van der Waals surface area contributed by atoms with Gasteiger partial charge in [0.15, 0.2) is 5.37 Å². The molecule has 1 atom stereocenters. The number of hydrogen-bond acceptors (Lipinski definition) is 3. The van der Waals surface area contributed by atoms with Gasteiger partial charge in [0.1, 0.15) is 0 Å². The van der Waals surface area contributed by atoms with Crippen molar-refractivity contribution in [1.29, 1.82) is 0 Å². The number of rotatable bonds is 0. The van der Waals surface area contributed by atoms with E-state index in [2.05, 4.69) is 17.9 Å². The van der Waals surface area contributed by atoms with Gasteiger partial charge < -0.3 is 4.74 Å². The second kappa shape index (κ2) is 6.28. The van der Waals surface area contributed by atoms with Gasteiger partial charge in [-0.05, 0) is 43.4 Å². The number of hydrogen-bond donors (Lipinski definition) is 0. The van der Waals surface area contributed by atoms with Crippen LogP contribution in [-0.2, 0) is 4.74 Å². The summed E-state index contributed by atoms with van der Waals surface area (Å²) in [6.45, 7) is 0. The molecule has 2 aliphatic rings. The summed E-state index contributed by atoms with van der Waals surface area (Å²) in [6, 6.07) is 7.84. The van der Waals surface area contributed by atoms with E-state index in [-0.39, 0.29) is 11.5 Å². The highest BCUT2D eigenvalue weighted by molar-refractivity contribution is 8.00. The standard InChI is InChI=1S/C17H17NO2S/c1-20-17(19)18-14-9-5-6-10-15(14)21-16(18)12-11-13-7-3-2-4-8-13/h5-7,9-10,16H,2-4,8H2,1H3. The molecule has 1 amide bonds. The third-order valence-electron chi connectivity index (χ3n) is 3.62. The summed E-state index contributed by atoms with van der Waals surface area (Å²) in [5.74, 6) is 6.48. The highest BCUT2D eigenvalue weighted by Crippen LogP contribution is 2.43. The number of amides is 1. The monoisotopic (exact) mass is 299 g/mol. The first-order valence-electron chi connectivity index (χ1n) is 7.13. The molecule has 21 heavy (non-hydrogen) atoms. The molecule has 3 rings (SSSR count). The fourth-order valence-corrected chi connectivity index (χ4v) is 3.66. The van der Waals surface area contributed by atoms with Gasteiger partial charge in [-0.15, -0.1) is 0 Å². The molecule has 1 heterocycles. The number of benzene rings is 1. The van der Waals surface area contributed by atoms with Crippen molar-refractivity contribution in [2.24, 2.45) is 0 Å². The highest BCUT2D eigenvalue weighted by Gasteiger charge is 2.34. The first-order chi connectivity index (χ1) is 10.3. The molecule has 0 N–H and O–H groups in total. The molecule has 1 unspecified atom stereocenters. The minimum Gasteiger partial charge on any atom is -0.452 e. The molecule has 3 nitrogen and oxygen atoms in total. The van der Waals surface area contributed by atoms with Crippen LogP contribution < -0.4 is 4.90 Å². The number of nitrogens with zero attached hydrogens (tertiary/aromatic N) is 1. The van der Waals surface area contributed by atoms with Crippen LogP contribution in [0.5, 0.6) is 0 Å². The SMILES string of the molecule is COC(=O)N1c2ccccc2SC1C#CC1=CCCCC1. The smallest absolute Gasteiger partial charge is 0.415 e. The lowest BCUT2D eigenvalue weighted by Crippen LogP contribution is -2.34. The first-order valence-corrected chi connectivity index (χ1v) is 8.01. The van der Waals surface area contributed by atoms with Gasteiger partial charge in [-0.1, -0.05) is 41.8 Å². The van der Waals surface area contributed by atoms with Gasteiger partial charge in [-0.2, -0.15) is 0 Å². The average Bonchev–Trinajstić information content (AvgIpc) is 2.91. The number of fused-ring (bicyclic) bond motifs is 1. The summed E-state index contributed by atoms with van der Waals surface area (Å²) in [5, 5.41) is -0.210. The van der Waals surface area contributed by atoms with Crippen LogP contribution in [-0.4, -0.2) is 18.6 Å². The van der Waals surface area contributed by atoms with Gasteiger partial charge in [0.05, 0.1) is 12.8 Å². The number of carbonyl (C=O) groups excluding carboxylic acids is 1. The predicted octanol–water partition coefficient (Wildman–Crippen LogP) is 4.20. The Hall–Kier alpha value is -1.86. The van der Waals surface area contributed by atoms with Gasteiger partial charge in [0.25, 0.3) is 0 Å². The molecule has 1 aliphatic carbocycles. The van der Waals surface area contributed by atoms with Gasteiger partial charge in [-0.3, -0.25) is 4.90 Å².